The van der Waals surface area contributed by atoms with Crippen LogP contribution in [0.5, 0.6) is 5.75 Å². The molecule has 2 aromatic rings. The van der Waals surface area contributed by atoms with Crippen molar-refractivity contribution in [3.05, 3.63) is 42.5 Å². The number of nitrogens with one attached hydrogen (secondary N) is 1. The first-order valence-electron chi connectivity index (χ1n) is 5.46. The average Bonchev–Trinajstić information content (AvgIpc) is 2.89. The predicted octanol–water partition coefficient (Wildman–Crippen LogP) is 0.970. The maximum atomic E-state index is 11.2. The molecular weight excluding hydrogens is 232 g/mol. The molecule has 0 radical (unpaired) electrons. The number of rotatable bonds is 4. The second-order valence-corrected chi connectivity index (χ2v) is 3.75. The normalized spacial score (nSPS) is 11.9. The van der Waals surface area contributed by atoms with Gasteiger partial charge < -0.3 is 10.1 Å². The van der Waals surface area contributed by atoms with E-state index in [1.807, 2.05) is 24.3 Å². The van der Waals surface area contributed by atoms with E-state index in [2.05, 4.69) is 15.4 Å². The van der Waals surface area contributed by atoms with Crippen molar-refractivity contribution in [3.63, 3.8) is 0 Å². The molecule has 1 heterocycles. The van der Waals surface area contributed by atoms with Gasteiger partial charge in [0.2, 0.25) is 5.91 Å². The van der Waals surface area contributed by atoms with Gasteiger partial charge >= 0.3 is 0 Å². The fourth-order valence-corrected chi connectivity index (χ4v) is 1.63. The van der Waals surface area contributed by atoms with Crippen LogP contribution in [0.4, 0.5) is 0 Å². The SMILES string of the molecule is COc1ccc(C(NC(C)=O)n2cncn2)cc1. The topological polar surface area (TPSA) is 69.0 Å². The smallest absolute Gasteiger partial charge is 0.218 e. The number of aromatic nitrogens is 3. The van der Waals surface area contributed by atoms with Gasteiger partial charge in [-0.3, -0.25) is 4.79 Å². The van der Waals surface area contributed by atoms with Crippen LogP contribution in [-0.2, 0) is 4.79 Å². The van der Waals surface area contributed by atoms with Crippen molar-refractivity contribution >= 4 is 5.91 Å². The van der Waals surface area contributed by atoms with Crippen LogP contribution in [0.1, 0.15) is 18.7 Å². The van der Waals surface area contributed by atoms with Crippen molar-refractivity contribution in [2.24, 2.45) is 0 Å². The van der Waals surface area contributed by atoms with Crippen molar-refractivity contribution in [2.45, 2.75) is 13.1 Å². The van der Waals surface area contributed by atoms with Crippen molar-refractivity contribution < 1.29 is 9.53 Å². The molecule has 0 saturated carbocycles. The molecule has 6 nitrogen and oxygen atoms in total. The molecule has 1 N–H and O–H groups in total. The van der Waals surface area contributed by atoms with E-state index < -0.39 is 0 Å². The largest absolute Gasteiger partial charge is 0.497 e. The summed E-state index contributed by atoms with van der Waals surface area (Å²) < 4.78 is 6.69. The first kappa shape index (κ1) is 12.1. The number of ether oxygens (including phenoxy) is 1. The molecule has 0 spiro atoms. The summed E-state index contributed by atoms with van der Waals surface area (Å²) in [6.45, 7) is 1.47. The maximum absolute atomic E-state index is 11.2. The minimum absolute atomic E-state index is 0.133. The Labute approximate surface area is 105 Å². The molecule has 0 bridgehead atoms. The molecule has 1 aromatic heterocycles. The molecule has 0 aliphatic heterocycles. The zero-order valence-electron chi connectivity index (χ0n) is 10.2. The predicted molar refractivity (Wildman–Crippen MR) is 65.0 cm³/mol. The van der Waals surface area contributed by atoms with Crippen molar-refractivity contribution in [1.29, 1.82) is 0 Å². The molecule has 6 heteroatoms. The van der Waals surface area contributed by atoms with Gasteiger partial charge in [0.25, 0.3) is 0 Å². The summed E-state index contributed by atoms with van der Waals surface area (Å²) in [6, 6.07) is 7.42. The van der Waals surface area contributed by atoms with Crippen LogP contribution in [0.2, 0.25) is 0 Å². The second-order valence-electron chi connectivity index (χ2n) is 3.75. The fourth-order valence-electron chi connectivity index (χ4n) is 1.63. The van der Waals surface area contributed by atoms with Crippen molar-refractivity contribution in [2.75, 3.05) is 7.11 Å². The summed E-state index contributed by atoms with van der Waals surface area (Å²) in [5.41, 5.74) is 0.900. The summed E-state index contributed by atoms with van der Waals surface area (Å²) in [5, 5.41) is 6.86. The van der Waals surface area contributed by atoms with Gasteiger partial charge in [0.1, 0.15) is 18.4 Å². The second kappa shape index (κ2) is 5.31. The molecule has 1 atom stereocenters. The van der Waals surface area contributed by atoms with Crippen LogP contribution >= 0.6 is 0 Å². The van der Waals surface area contributed by atoms with Gasteiger partial charge in [-0.2, -0.15) is 5.10 Å². The van der Waals surface area contributed by atoms with Crippen LogP contribution in [0, 0.1) is 0 Å². The molecule has 1 aromatic carbocycles. The van der Waals surface area contributed by atoms with E-state index in [-0.39, 0.29) is 12.1 Å². The molecule has 0 aliphatic carbocycles. The van der Waals surface area contributed by atoms with E-state index in [4.69, 9.17) is 4.74 Å². The van der Waals surface area contributed by atoms with Crippen molar-refractivity contribution in [1.82, 2.24) is 20.1 Å². The molecule has 0 fully saturated rings. The highest BCUT2D eigenvalue weighted by Crippen LogP contribution is 2.18. The third-order valence-electron chi connectivity index (χ3n) is 2.47. The quantitative estimate of drug-likeness (QED) is 0.872. The van der Waals surface area contributed by atoms with E-state index in [1.165, 1.54) is 13.3 Å². The lowest BCUT2D eigenvalue weighted by atomic mass is 10.1. The lowest BCUT2D eigenvalue weighted by Gasteiger charge is -2.18. The third-order valence-corrected chi connectivity index (χ3v) is 2.47. The van der Waals surface area contributed by atoms with Gasteiger partial charge in [-0.1, -0.05) is 12.1 Å². The van der Waals surface area contributed by atoms with Gasteiger partial charge in [0, 0.05) is 6.92 Å². The Morgan fingerprint density at radius 1 is 1.39 bits per heavy atom. The highest BCUT2D eigenvalue weighted by atomic mass is 16.5. The number of carbonyl (C=O) groups excluding carboxylic acids is 1. The number of hydrogen-bond acceptors (Lipinski definition) is 4. The average molecular weight is 246 g/mol. The van der Waals surface area contributed by atoms with Gasteiger partial charge in [-0.15, -0.1) is 0 Å². The highest BCUT2D eigenvalue weighted by Gasteiger charge is 2.15. The van der Waals surface area contributed by atoms with Crippen LogP contribution in [0.25, 0.3) is 0 Å². The summed E-state index contributed by atoms with van der Waals surface area (Å²) in [7, 11) is 1.61. The molecule has 0 aliphatic rings. The number of benzene rings is 1. The molecule has 2 rings (SSSR count). The fraction of sp³-hybridized carbons (Fsp3) is 0.250. The van der Waals surface area contributed by atoms with E-state index in [9.17, 15) is 4.79 Å². The molecule has 18 heavy (non-hydrogen) atoms. The Morgan fingerprint density at radius 2 is 2.11 bits per heavy atom. The molecule has 94 valence electrons. The Hall–Kier alpha value is -2.37. The van der Waals surface area contributed by atoms with E-state index in [0.717, 1.165) is 11.3 Å². The number of methoxy groups -OCH3 is 1. The number of hydrogen-bond donors (Lipinski definition) is 1. The lowest BCUT2D eigenvalue weighted by Crippen LogP contribution is -2.31. The zero-order valence-corrected chi connectivity index (χ0v) is 10.2. The Kier molecular flexibility index (Phi) is 3.57. The van der Waals surface area contributed by atoms with Gasteiger partial charge in [0.05, 0.1) is 7.11 Å². The summed E-state index contributed by atoms with van der Waals surface area (Å²) >= 11 is 0. The minimum atomic E-state index is -0.365. The van der Waals surface area contributed by atoms with Crippen LogP contribution in [0.3, 0.4) is 0 Å². The standard InChI is InChI=1S/C12H14N4O2/c1-9(17)15-12(16-8-13-7-14-16)10-3-5-11(18-2)6-4-10/h3-8,12H,1-2H3,(H,15,17). The third kappa shape index (κ3) is 2.65. The number of amides is 1. The maximum Gasteiger partial charge on any atom is 0.218 e. The monoisotopic (exact) mass is 246 g/mol. The van der Waals surface area contributed by atoms with E-state index in [1.54, 1.807) is 18.1 Å². The molecule has 1 unspecified atom stereocenters. The minimum Gasteiger partial charge on any atom is -0.497 e. The number of nitrogens with zero attached hydrogens (tertiary/aromatic N) is 3. The molecular formula is C12H14N4O2. The summed E-state index contributed by atoms with van der Waals surface area (Å²) in [5.74, 6) is 0.630. The first-order chi connectivity index (χ1) is 8.70. The zero-order chi connectivity index (χ0) is 13.0. The van der Waals surface area contributed by atoms with E-state index in [0.29, 0.717) is 0 Å². The number of carbonyl (C=O) groups is 1. The highest BCUT2D eigenvalue weighted by molar-refractivity contribution is 5.73. The van der Waals surface area contributed by atoms with Gasteiger partial charge in [-0.05, 0) is 17.7 Å². The van der Waals surface area contributed by atoms with Crippen LogP contribution in [0.15, 0.2) is 36.9 Å². The van der Waals surface area contributed by atoms with Gasteiger partial charge in [0.15, 0.2) is 6.17 Å². The Bertz CT molecular complexity index is 507. The van der Waals surface area contributed by atoms with Crippen LogP contribution in [-0.4, -0.2) is 27.8 Å². The molecule has 0 saturated heterocycles. The first-order valence-corrected chi connectivity index (χ1v) is 5.46. The summed E-state index contributed by atoms with van der Waals surface area (Å²) in [4.78, 5) is 15.1. The lowest BCUT2D eigenvalue weighted by molar-refractivity contribution is -0.120. The Balaban J connectivity index is 2.30. The van der Waals surface area contributed by atoms with Crippen LogP contribution < -0.4 is 10.1 Å². The van der Waals surface area contributed by atoms with E-state index >= 15 is 0 Å². The Morgan fingerprint density at radius 3 is 2.61 bits per heavy atom. The van der Waals surface area contributed by atoms with Crippen molar-refractivity contribution in [3.8, 4) is 5.75 Å². The summed E-state index contributed by atoms with van der Waals surface area (Å²) in [6.07, 6.45) is 2.62. The van der Waals surface area contributed by atoms with Gasteiger partial charge in [-0.25, -0.2) is 9.67 Å². The molecule has 1 amide bonds.